The molecule has 2 aromatic rings. The third-order valence-corrected chi connectivity index (χ3v) is 4.71. The van der Waals surface area contributed by atoms with E-state index in [1.807, 2.05) is 6.07 Å². The van der Waals surface area contributed by atoms with E-state index in [0.717, 1.165) is 17.7 Å². The molecule has 112 valence electrons. The van der Waals surface area contributed by atoms with Gasteiger partial charge >= 0.3 is 0 Å². The monoisotopic (exact) mass is 328 g/mol. The Labute approximate surface area is 127 Å². The van der Waals surface area contributed by atoms with Crippen LogP contribution in [0.25, 0.3) is 0 Å². The molecule has 0 spiro atoms. The predicted molar refractivity (Wildman–Crippen MR) is 81.0 cm³/mol. The van der Waals surface area contributed by atoms with Crippen molar-refractivity contribution in [2.45, 2.75) is 17.9 Å². The number of benzene rings is 2. The molecule has 3 N–H and O–H groups in total. The van der Waals surface area contributed by atoms with Gasteiger partial charge in [0, 0.05) is 11.1 Å². The van der Waals surface area contributed by atoms with Crippen molar-refractivity contribution < 1.29 is 12.8 Å². The SMILES string of the molecule is C[C@@H](NS(=O)(=O)c1cc(Cl)cc(N)c1F)c1ccccc1. The lowest BCUT2D eigenvalue weighted by molar-refractivity contribution is 0.548. The maximum Gasteiger partial charge on any atom is 0.244 e. The molecule has 0 aromatic heterocycles. The maximum absolute atomic E-state index is 13.9. The molecule has 0 aliphatic heterocycles. The fourth-order valence-electron chi connectivity index (χ4n) is 1.89. The first-order valence-corrected chi connectivity index (χ1v) is 7.99. The minimum atomic E-state index is -4.07. The van der Waals surface area contributed by atoms with Gasteiger partial charge in [-0.25, -0.2) is 17.5 Å². The summed E-state index contributed by atoms with van der Waals surface area (Å²) in [6.45, 7) is 1.67. The maximum atomic E-state index is 13.9. The Morgan fingerprint density at radius 3 is 2.48 bits per heavy atom. The number of rotatable bonds is 4. The van der Waals surface area contributed by atoms with Crippen LogP contribution >= 0.6 is 11.6 Å². The van der Waals surface area contributed by atoms with Crippen LogP contribution in [0.1, 0.15) is 18.5 Å². The van der Waals surface area contributed by atoms with Gasteiger partial charge in [-0.1, -0.05) is 41.9 Å². The van der Waals surface area contributed by atoms with E-state index in [1.165, 1.54) is 0 Å². The van der Waals surface area contributed by atoms with E-state index in [1.54, 1.807) is 31.2 Å². The van der Waals surface area contributed by atoms with Crippen molar-refractivity contribution in [1.82, 2.24) is 4.72 Å². The molecule has 2 aromatic carbocycles. The van der Waals surface area contributed by atoms with Crippen LogP contribution in [-0.4, -0.2) is 8.42 Å². The largest absolute Gasteiger partial charge is 0.396 e. The first-order valence-electron chi connectivity index (χ1n) is 6.13. The molecule has 1 atom stereocenters. The van der Waals surface area contributed by atoms with E-state index in [0.29, 0.717) is 0 Å². The van der Waals surface area contributed by atoms with Gasteiger partial charge < -0.3 is 5.73 Å². The van der Waals surface area contributed by atoms with Crippen LogP contribution < -0.4 is 10.5 Å². The number of hydrogen-bond acceptors (Lipinski definition) is 3. The van der Waals surface area contributed by atoms with Crippen molar-refractivity contribution in [1.29, 1.82) is 0 Å². The summed E-state index contributed by atoms with van der Waals surface area (Å²) in [6, 6.07) is 10.6. The van der Waals surface area contributed by atoms with Gasteiger partial charge in [-0.2, -0.15) is 0 Å². The summed E-state index contributed by atoms with van der Waals surface area (Å²) in [5.74, 6) is -1.01. The van der Waals surface area contributed by atoms with Crippen molar-refractivity contribution in [2.75, 3.05) is 5.73 Å². The first-order chi connectivity index (χ1) is 9.81. The Hall–Kier alpha value is -1.63. The molecule has 0 aliphatic rings. The second kappa shape index (κ2) is 6.01. The zero-order valence-corrected chi connectivity index (χ0v) is 12.7. The molecule has 2 rings (SSSR count). The van der Waals surface area contributed by atoms with Crippen molar-refractivity contribution in [3.63, 3.8) is 0 Å². The van der Waals surface area contributed by atoms with Crippen LogP contribution in [0.5, 0.6) is 0 Å². The normalized spacial score (nSPS) is 13.1. The summed E-state index contributed by atoms with van der Waals surface area (Å²) in [5.41, 5.74) is 5.86. The fourth-order valence-corrected chi connectivity index (χ4v) is 3.54. The van der Waals surface area contributed by atoms with E-state index in [9.17, 15) is 12.8 Å². The molecule has 0 amide bonds. The van der Waals surface area contributed by atoms with Gasteiger partial charge in [0.25, 0.3) is 0 Å². The zero-order valence-electron chi connectivity index (χ0n) is 11.2. The third kappa shape index (κ3) is 3.53. The fraction of sp³-hybridized carbons (Fsp3) is 0.143. The highest BCUT2D eigenvalue weighted by atomic mass is 35.5. The molecule has 0 radical (unpaired) electrons. The lowest BCUT2D eigenvalue weighted by Crippen LogP contribution is -2.27. The van der Waals surface area contributed by atoms with Crippen LogP contribution in [-0.2, 0) is 10.0 Å². The molecule has 0 saturated heterocycles. The van der Waals surface area contributed by atoms with Gasteiger partial charge in [0.1, 0.15) is 4.90 Å². The smallest absolute Gasteiger partial charge is 0.244 e. The number of halogens is 2. The third-order valence-electron chi connectivity index (χ3n) is 2.95. The van der Waals surface area contributed by atoms with E-state index in [2.05, 4.69) is 4.72 Å². The summed E-state index contributed by atoms with van der Waals surface area (Å²) >= 11 is 5.74. The predicted octanol–water partition coefficient (Wildman–Crippen LogP) is 3.10. The molecule has 0 fully saturated rings. The van der Waals surface area contributed by atoms with E-state index < -0.39 is 26.8 Å². The Balaban J connectivity index is 2.35. The molecule has 0 aliphatic carbocycles. The van der Waals surface area contributed by atoms with Crippen LogP contribution in [0.2, 0.25) is 5.02 Å². The molecule has 7 heteroatoms. The summed E-state index contributed by atoms with van der Waals surface area (Å²) in [4.78, 5) is -0.560. The second-order valence-electron chi connectivity index (χ2n) is 4.56. The lowest BCUT2D eigenvalue weighted by atomic mass is 10.1. The first kappa shape index (κ1) is 15.8. The quantitative estimate of drug-likeness (QED) is 0.847. The van der Waals surface area contributed by atoms with Gasteiger partial charge in [-0.15, -0.1) is 0 Å². The minimum Gasteiger partial charge on any atom is -0.396 e. The Bertz CT molecular complexity index is 751. The van der Waals surface area contributed by atoms with Crippen molar-refractivity contribution >= 4 is 27.3 Å². The van der Waals surface area contributed by atoms with E-state index in [4.69, 9.17) is 17.3 Å². The van der Waals surface area contributed by atoms with Crippen LogP contribution in [0.4, 0.5) is 10.1 Å². The van der Waals surface area contributed by atoms with Gasteiger partial charge in [0.15, 0.2) is 5.82 Å². The average molecular weight is 329 g/mol. The summed E-state index contributed by atoms with van der Waals surface area (Å²) in [7, 11) is -4.07. The number of nitrogens with one attached hydrogen (secondary N) is 1. The van der Waals surface area contributed by atoms with Crippen LogP contribution in [0.15, 0.2) is 47.4 Å². The summed E-state index contributed by atoms with van der Waals surface area (Å²) < 4.78 is 40.9. The number of anilines is 1. The zero-order chi connectivity index (χ0) is 15.6. The minimum absolute atomic E-state index is 0.0571. The Kier molecular flexibility index (Phi) is 4.51. The Morgan fingerprint density at radius 1 is 1.24 bits per heavy atom. The number of hydrogen-bond donors (Lipinski definition) is 2. The number of sulfonamides is 1. The molecule has 0 unspecified atom stereocenters. The summed E-state index contributed by atoms with van der Waals surface area (Å²) in [6.07, 6.45) is 0. The van der Waals surface area contributed by atoms with Gasteiger partial charge in [-0.3, -0.25) is 0 Å². The number of nitrogen functional groups attached to an aromatic ring is 1. The highest BCUT2D eigenvalue weighted by molar-refractivity contribution is 7.89. The second-order valence-corrected chi connectivity index (χ2v) is 6.68. The van der Waals surface area contributed by atoms with Crippen molar-refractivity contribution in [3.8, 4) is 0 Å². The van der Waals surface area contributed by atoms with E-state index in [-0.39, 0.29) is 10.7 Å². The van der Waals surface area contributed by atoms with Gasteiger partial charge in [0.05, 0.1) is 5.69 Å². The molecule has 4 nitrogen and oxygen atoms in total. The van der Waals surface area contributed by atoms with Gasteiger partial charge in [0.2, 0.25) is 10.0 Å². The van der Waals surface area contributed by atoms with E-state index >= 15 is 0 Å². The van der Waals surface area contributed by atoms with Crippen molar-refractivity contribution in [3.05, 3.63) is 58.9 Å². The van der Waals surface area contributed by atoms with Crippen molar-refractivity contribution in [2.24, 2.45) is 0 Å². The molecule has 21 heavy (non-hydrogen) atoms. The average Bonchev–Trinajstić information content (AvgIpc) is 2.43. The molecule has 0 bridgehead atoms. The summed E-state index contributed by atoms with van der Waals surface area (Å²) in [5, 5.41) is 0.0571. The van der Waals surface area contributed by atoms with Crippen LogP contribution in [0.3, 0.4) is 0 Å². The number of nitrogens with two attached hydrogens (primary N) is 1. The topological polar surface area (TPSA) is 72.2 Å². The Morgan fingerprint density at radius 2 is 1.86 bits per heavy atom. The highest BCUT2D eigenvalue weighted by Crippen LogP contribution is 2.26. The molecule has 0 saturated carbocycles. The van der Waals surface area contributed by atoms with Gasteiger partial charge in [-0.05, 0) is 24.6 Å². The highest BCUT2D eigenvalue weighted by Gasteiger charge is 2.24. The molecule has 0 heterocycles. The molecular weight excluding hydrogens is 315 g/mol. The standard InChI is InChI=1S/C14H14ClFN2O2S/c1-9(10-5-3-2-4-6-10)18-21(19,20)13-8-11(15)7-12(17)14(13)16/h2-9,18H,17H2,1H3/t9-/m1/s1. The van der Waals surface area contributed by atoms with Crippen LogP contribution in [0, 0.1) is 5.82 Å². The molecular formula is C14H14ClFN2O2S. The lowest BCUT2D eigenvalue weighted by Gasteiger charge is -2.15.